The van der Waals surface area contributed by atoms with Crippen LogP contribution in [0.4, 0.5) is 0 Å². The normalized spacial score (nSPS) is 11.8. The van der Waals surface area contributed by atoms with Crippen LogP contribution in [0.2, 0.25) is 0 Å². The molecular formula is C7H9N3. The molecule has 1 heterocycles. The molecule has 3 heteroatoms. The Morgan fingerprint density at radius 2 is 2.50 bits per heavy atom. The highest BCUT2D eigenvalue weighted by molar-refractivity contribution is 5.02. The standard InChI is InChI=1S/C7H9N3/c1-2-3-7(8)10-5-4-9-6-10/h4-7H,8H2,1H3. The SMILES string of the molecule is CC#CC(N)n1ccnc1. The number of imidazole rings is 1. The molecule has 0 fully saturated rings. The topological polar surface area (TPSA) is 43.8 Å². The molecule has 0 aliphatic rings. The largest absolute Gasteiger partial charge is 0.311 e. The van der Waals surface area contributed by atoms with Crippen LogP contribution in [0.1, 0.15) is 13.1 Å². The van der Waals surface area contributed by atoms with Crippen LogP contribution in [-0.2, 0) is 0 Å². The molecule has 1 atom stereocenters. The molecule has 1 rings (SSSR count). The van der Waals surface area contributed by atoms with Gasteiger partial charge in [0.15, 0.2) is 0 Å². The lowest BCUT2D eigenvalue weighted by Crippen LogP contribution is -2.14. The van der Waals surface area contributed by atoms with Gasteiger partial charge in [0, 0.05) is 12.4 Å². The Labute approximate surface area is 59.9 Å². The number of hydrogen-bond acceptors (Lipinski definition) is 2. The van der Waals surface area contributed by atoms with E-state index in [1.165, 1.54) is 0 Å². The molecule has 0 aliphatic carbocycles. The van der Waals surface area contributed by atoms with Crippen molar-refractivity contribution in [2.24, 2.45) is 5.73 Å². The third kappa shape index (κ3) is 1.36. The van der Waals surface area contributed by atoms with Crippen molar-refractivity contribution in [2.75, 3.05) is 0 Å². The van der Waals surface area contributed by atoms with Crippen LogP contribution in [0.15, 0.2) is 18.7 Å². The third-order valence-electron chi connectivity index (χ3n) is 1.14. The Kier molecular flexibility index (Phi) is 2.08. The van der Waals surface area contributed by atoms with Gasteiger partial charge in [-0.15, -0.1) is 5.92 Å². The molecule has 0 spiro atoms. The Balaban J connectivity index is 2.74. The van der Waals surface area contributed by atoms with Crippen LogP contribution in [0.5, 0.6) is 0 Å². The van der Waals surface area contributed by atoms with Gasteiger partial charge >= 0.3 is 0 Å². The van der Waals surface area contributed by atoms with Crippen LogP contribution in [0.25, 0.3) is 0 Å². The van der Waals surface area contributed by atoms with E-state index in [0.717, 1.165) is 0 Å². The first kappa shape index (κ1) is 6.84. The lowest BCUT2D eigenvalue weighted by Gasteiger charge is -2.02. The summed E-state index contributed by atoms with van der Waals surface area (Å²) in [4.78, 5) is 3.84. The van der Waals surface area contributed by atoms with Crippen molar-refractivity contribution in [2.45, 2.75) is 13.1 Å². The van der Waals surface area contributed by atoms with E-state index in [1.807, 2.05) is 0 Å². The van der Waals surface area contributed by atoms with Crippen molar-refractivity contribution in [3.05, 3.63) is 18.7 Å². The molecule has 1 aromatic rings. The minimum atomic E-state index is -0.257. The van der Waals surface area contributed by atoms with Gasteiger partial charge in [-0.3, -0.25) is 0 Å². The summed E-state index contributed by atoms with van der Waals surface area (Å²) < 4.78 is 1.75. The lowest BCUT2D eigenvalue weighted by molar-refractivity contribution is 0.650. The maximum atomic E-state index is 5.60. The molecule has 0 saturated carbocycles. The number of hydrogen-bond donors (Lipinski definition) is 1. The first-order chi connectivity index (χ1) is 4.84. The fourth-order valence-electron chi connectivity index (χ4n) is 0.656. The lowest BCUT2D eigenvalue weighted by atomic mass is 10.5. The molecule has 0 saturated heterocycles. The molecule has 1 aromatic heterocycles. The monoisotopic (exact) mass is 135 g/mol. The Morgan fingerprint density at radius 1 is 1.70 bits per heavy atom. The van der Waals surface area contributed by atoms with Crippen molar-refractivity contribution in [1.29, 1.82) is 0 Å². The van der Waals surface area contributed by atoms with Crippen LogP contribution < -0.4 is 5.73 Å². The predicted molar refractivity (Wildman–Crippen MR) is 38.9 cm³/mol. The summed E-state index contributed by atoms with van der Waals surface area (Å²) in [6, 6.07) is 0. The van der Waals surface area contributed by atoms with Crippen LogP contribution in [-0.4, -0.2) is 9.55 Å². The number of nitrogens with zero attached hydrogens (tertiary/aromatic N) is 2. The summed E-state index contributed by atoms with van der Waals surface area (Å²) in [6.07, 6.45) is 4.86. The minimum Gasteiger partial charge on any atom is -0.311 e. The van der Waals surface area contributed by atoms with Gasteiger partial charge in [0.2, 0.25) is 0 Å². The summed E-state index contributed by atoms with van der Waals surface area (Å²) in [5.74, 6) is 5.53. The van der Waals surface area contributed by atoms with Crippen molar-refractivity contribution < 1.29 is 0 Å². The molecule has 0 aromatic carbocycles. The van der Waals surface area contributed by atoms with Crippen LogP contribution >= 0.6 is 0 Å². The molecule has 0 bridgehead atoms. The van der Waals surface area contributed by atoms with Gasteiger partial charge in [-0.2, -0.15) is 0 Å². The second kappa shape index (κ2) is 3.04. The zero-order valence-corrected chi connectivity index (χ0v) is 5.78. The summed E-state index contributed by atoms with van der Waals surface area (Å²) in [5.41, 5.74) is 5.60. The Morgan fingerprint density at radius 3 is 3.00 bits per heavy atom. The number of aromatic nitrogens is 2. The highest BCUT2D eigenvalue weighted by Crippen LogP contribution is 1.93. The van der Waals surface area contributed by atoms with E-state index in [2.05, 4.69) is 16.8 Å². The van der Waals surface area contributed by atoms with E-state index in [-0.39, 0.29) is 6.17 Å². The quantitative estimate of drug-likeness (QED) is 0.565. The first-order valence-electron chi connectivity index (χ1n) is 3.00. The summed E-state index contributed by atoms with van der Waals surface area (Å²) in [7, 11) is 0. The summed E-state index contributed by atoms with van der Waals surface area (Å²) in [5, 5.41) is 0. The molecule has 0 aliphatic heterocycles. The van der Waals surface area contributed by atoms with Gasteiger partial charge in [-0.1, -0.05) is 5.92 Å². The second-order valence-corrected chi connectivity index (χ2v) is 1.85. The van der Waals surface area contributed by atoms with Gasteiger partial charge in [-0.25, -0.2) is 4.98 Å². The summed E-state index contributed by atoms with van der Waals surface area (Å²) >= 11 is 0. The zero-order valence-electron chi connectivity index (χ0n) is 5.78. The fraction of sp³-hybridized carbons (Fsp3) is 0.286. The number of nitrogens with two attached hydrogens (primary N) is 1. The second-order valence-electron chi connectivity index (χ2n) is 1.85. The molecule has 0 radical (unpaired) electrons. The van der Waals surface area contributed by atoms with Crippen molar-refractivity contribution >= 4 is 0 Å². The smallest absolute Gasteiger partial charge is 0.145 e. The van der Waals surface area contributed by atoms with Crippen LogP contribution in [0.3, 0.4) is 0 Å². The van der Waals surface area contributed by atoms with Crippen molar-refractivity contribution in [3.63, 3.8) is 0 Å². The van der Waals surface area contributed by atoms with E-state index in [0.29, 0.717) is 0 Å². The highest BCUT2D eigenvalue weighted by atomic mass is 15.1. The third-order valence-corrected chi connectivity index (χ3v) is 1.14. The van der Waals surface area contributed by atoms with Gasteiger partial charge in [0.1, 0.15) is 6.17 Å². The van der Waals surface area contributed by atoms with Gasteiger partial charge in [0.25, 0.3) is 0 Å². The van der Waals surface area contributed by atoms with E-state index >= 15 is 0 Å². The molecule has 10 heavy (non-hydrogen) atoms. The Bertz CT molecular complexity index is 240. The molecule has 0 amide bonds. The highest BCUT2D eigenvalue weighted by Gasteiger charge is 1.95. The maximum Gasteiger partial charge on any atom is 0.145 e. The van der Waals surface area contributed by atoms with Crippen LogP contribution in [0, 0.1) is 11.8 Å². The molecular weight excluding hydrogens is 126 g/mol. The number of rotatable bonds is 1. The van der Waals surface area contributed by atoms with Crippen molar-refractivity contribution in [1.82, 2.24) is 9.55 Å². The van der Waals surface area contributed by atoms with Gasteiger partial charge in [-0.05, 0) is 6.92 Å². The predicted octanol–water partition coefficient (Wildman–Crippen LogP) is 0.364. The average Bonchev–Trinajstić information content (AvgIpc) is 2.38. The van der Waals surface area contributed by atoms with Gasteiger partial charge in [0.05, 0.1) is 6.33 Å². The summed E-state index contributed by atoms with van der Waals surface area (Å²) in [6.45, 7) is 1.76. The van der Waals surface area contributed by atoms with Crippen molar-refractivity contribution in [3.8, 4) is 11.8 Å². The molecule has 52 valence electrons. The molecule has 3 nitrogen and oxygen atoms in total. The maximum absolute atomic E-state index is 5.60. The Hall–Kier alpha value is -1.27. The minimum absolute atomic E-state index is 0.257. The van der Waals surface area contributed by atoms with E-state index < -0.39 is 0 Å². The fourth-order valence-corrected chi connectivity index (χ4v) is 0.656. The average molecular weight is 135 g/mol. The van der Waals surface area contributed by atoms with Gasteiger partial charge < -0.3 is 10.3 Å². The molecule has 1 unspecified atom stereocenters. The zero-order chi connectivity index (χ0) is 7.40. The first-order valence-corrected chi connectivity index (χ1v) is 3.00. The molecule has 2 N–H and O–H groups in total. The van der Waals surface area contributed by atoms with E-state index in [1.54, 1.807) is 30.2 Å². The van der Waals surface area contributed by atoms with E-state index in [4.69, 9.17) is 5.73 Å². The van der Waals surface area contributed by atoms with E-state index in [9.17, 15) is 0 Å².